The summed E-state index contributed by atoms with van der Waals surface area (Å²) in [5.74, 6) is -2.50. The third-order valence-electron chi connectivity index (χ3n) is 2.49. The Bertz CT molecular complexity index is 622. The first kappa shape index (κ1) is 15.2. The number of halogens is 6. The van der Waals surface area contributed by atoms with Crippen molar-refractivity contribution in [2.75, 3.05) is 0 Å². The molecular weight excluding hydrogens is 304 g/mol. The van der Waals surface area contributed by atoms with Gasteiger partial charge in [-0.3, -0.25) is 0 Å². The number of hydrogen-bond acceptors (Lipinski definition) is 3. The fourth-order valence-corrected chi connectivity index (χ4v) is 1.50. The Morgan fingerprint density at radius 2 is 1.95 bits per heavy atom. The lowest BCUT2D eigenvalue weighted by Gasteiger charge is -2.10. The standard InChI is InChI=1S/C12H7F6NO2/c13-7-3-6(12(16,17)18)1-2-9(7)20-4-8-10(11(14)15)21-5-19-8/h1-3,5,11H,4H2. The number of aromatic nitrogens is 1. The Kier molecular flexibility index (Phi) is 4.10. The minimum atomic E-state index is -4.69. The Labute approximate surface area is 114 Å². The van der Waals surface area contributed by atoms with Gasteiger partial charge in [0.1, 0.15) is 12.3 Å². The van der Waals surface area contributed by atoms with Crippen LogP contribution in [0.15, 0.2) is 29.0 Å². The Morgan fingerprint density at radius 3 is 2.52 bits per heavy atom. The number of alkyl halides is 5. The summed E-state index contributed by atoms with van der Waals surface area (Å²) in [4.78, 5) is 3.46. The van der Waals surface area contributed by atoms with E-state index in [4.69, 9.17) is 4.74 Å². The fourth-order valence-electron chi connectivity index (χ4n) is 1.50. The van der Waals surface area contributed by atoms with Crippen LogP contribution in [0.4, 0.5) is 26.3 Å². The third kappa shape index (κ3) is 3.47. The molecular formula is C12H7F6NO2. The SMILES string of the molecule is Fc1cc(C(F)(F)F)ccc1OCc1ncoc1C(F)F. The van der Waals surface area contributed by atoms with Crippen LogP contribution in [0.3, 0.4) is 0 Å². The summed E-state index contributed by atoms with van der Waals surface area (Å²) in [6.45, 7) is -0.557. The molecule has 0 N–H and O–H groups in total. The lowest BCUT2D eigenvalue weighted by atomic mass is 10.2. The molecule has 1 aromatic heterocycles. The van der Waals surface area contributed by atoms with Crippen LogP contribution in [-0.2, 0) is 12.8 Å². The van der Waals surface area contributed by atoms with E-state index in [1.165, 1.54) is 0 Å². The molecule has 3 nitrogen and oxygen atoms in total. The topological polar surface area (TPSA) is 35.3 Å². The van der Waals surface area contributed by atoms with E-state index in [9.17, 15) is 26.3 Å². The van der Waals surface area contributed by atoms with Crippen molar-refractivity contribution in [1.29, 1.82) is 0 Å². The number of oxazole rings is 1. The molecule has 114 valence electrons. The number of nitrogens with zero attached hydrogens (tertiary/aromatic N) is 1. The molecule has 0 aliphatic carbocycles. The second-order valence-electron chi connectivity index (χ2n) is 3.90. The van der Waals surface area contributed by atoms with Crippen LogP contribution in [0.1, 0.15) is 23.4 Å². The minimum absolute atomic E-state index is 0.256. The molecule has 0 unspecified atom stereocenters. The van der Waals surface area contributed by atoms with Gasteiger partial charge in [-0.2, -0.15) is 13.2 Å². The molecule has 0 fully saturated rings. The van der Waals surface area contributed by atoms with Gasteiger partial charge in [-0.1, -0.05) is 0 Å². The first-order valence-corrected chi connectivity index (χ1v) is 5.49. The molecule has 0 bridgehead atoms. The van der Waals surface area contributed by atoms with E-state index in [0.29, 0.717) is 6.07 Å². The van der Waals surface area contributed by atoms with E-state index < -0.39 is 42.1 Å². The van der Waals surface area contributed by atoms with Crippen LogP contribution in [0.25, 0.3) is 0 Å². The van der Waals surface area contributed by atoms with Gasteiger partial charge in [0, 0.05) is 0 Å². The highest BCUT2D eigenvalue weighted by molar-refractivity contribution is 5.31. The van der Waals surface area contributed by atoms with Crippen molar-refractivity contribution in [3.05, 3.63) is 47.4 Å². The summed E-state index contributed by atoms with van der Waals surface area (Å²) in [5, 5.41) is 0. The van der Waals surface area contributed by atoms with Gasteiger partial charge in [-0.05, 0) is 18.2 Å². The van der Waals surface area contributed by atoms with E-state index in [1.54, 1.807) is 0 Å². The minimum Gasteiger partial charge on any atom is -0.484 e. The zero-order chi connectivity index (χ0) is 15.6. The zero-order valence-electron chi connectivity index (χ0n) is 10.1. The normalized spacial score (nSPS) is 12.0. The van der Waals surface area contributed by atoms with Gasteiger partial charge in [-0.25, -0.2) is 18.2 Å². The predicted octanol–water partition coefficient (Wildman–Crippen LogP) is 4.35. The third-order valence-corrected chi connectivity index (χ3v) is 2.49. The van der Waals surface area contributed by atoms with Crippen molar-refractivity contribution in [3.8, 4) is 5.75 Å². The molecule has 0 spiro atoms. The van der Waals surface area contributed by atoms with Gasteiger partial charge in [0.15, 0.2) is 23.7 Å². The summed E-state index contributed by atoms with van der Waals surface area (Å²) in [5.41, 5.74) is -1.44. The molecule has 1 aromatic carbocycles. The average Bonchev–Trinajstić information content (AvgIpc) is 2.84. The molecule has 2 rings (SSSR count). The van der Waals surface area contributed by atoms with Crippen molar-refractivity contribution in [2.24, 2.45) is 0 Å². The lowest BCUT2D eigenvalue weighted by molar-refractivity contribution is -0.137. The van der Waals surface area contributed by atoms with Crippen LogP contribution >= 0.6 is 0 Å². The van der Waals surface area contributed by atoms with E-state index >= 15 is 0 Å². The summed E-state index contributed by atoms with van der Waals surface area (Å²) >= 11 is 0. The quantitative estimate of drug-likeness (QED) is 0.788. The van der Waals surface area contributed by atoms with Crippen molar-refractivity contribution in [1.82, 2.24) is 4.98 Å². The van der Waals surface area contributed by atoms with Crippen LogP contribution in [-0.4, -0.2) is 4.98 Å². The van der Waals surface area contributed by atoms with Gasteiger partial charge in [0.2, 0.25) is 0 Å². The maximum absolute atomic E-state index is 13.5. The first-order chi connectivity index (χ1) is 9.79. The lowest BCUT2D eigenvalue weighted by Crippen LogP contribution is -2.06. The van der Waals surface area contributed by atoms with Crippen molar-refractivity contribution in [3.63, 3.8) is 0 Å². The van der Waals surface area contributed by atoms with E-state index in [1.807, 2.05) is 0 Å². The van der Waals surface area contributed by atoms with Gasteiger partial charge in [-0.15, -0.1) is 0 Å². The number of ether oxygens (including phenoxy) is 1. The second kappa shape index (κ2) is 5.66. The van der Waals surface area contributed by atoms with Crippen LogP contribution in [0, 0.1) is 5.82 Å². The summed E-state index contributed by atoms with van der Waals surface area (Å²) < 4.78 is 84.7. The van der Waals surface area contributed by atoms with Crippen LogP contribution in [0.2, 0.25) is 0 Å². The maximum Gasteiger partial charge on any atom is 0.416 e. The molecule has 0 saturated carbocycles. The van der Waals surface area contributed by atoms with Gasteiger partial charge >= 0.3 is 6.18 Å². The van der Waals surface area contributed by atoms with Crippen molar-refractivity contribution >= 4 is 0 Å². The molecule has 9 heteroatoms. The molecule has 0 aliphatic rings. The summed E-state index contributed by atoms with van der Waals surface area (Å²) in [6.07, 6.45) is -6.85. The molecule has 0 atom stereocenters. The van der Waals surface area contributed by atoms with Gasteiger partial charge in [0.25, 0.3) is 6.43 Å². The van der Waals surface area contributed by atoms with Gasteiger partial charge in [0.05, 0.1) is 5.56 Å². The number of rotatable bonds is 4. The highest BCUT2D eigenvalue weighted by atomic mass is 19.4. The van der Waals surface area contributed by atoms with E-state index in [2.05, 4.69) is 9.40 Å². The smallest absolute Gasteiger partial charge is 0.416 e. The predicted molar refractivity (Wildman–Crippen MR) is 57.2 cm³/mol. The van der Waals surface area contributed by atoms with Crippen LogP contribution in [0.5, 0.6) is 5.75 Å². The number of hydrogen-bond donors (Lipinski definition) is 0. The van der Waals surface area contributed by atoms with Crippen molar-refractivity contribution < 1.29 is 35.5 Å². The Morgan fingerprint density at radius 1 is 1.24 bits per heavy atom. The largest absolute Gasteiger partial charge is 0.484 e. The average molecular weight is 311 g/mol. The molecule has 0 radical (unpaired) electrons. The van der Waals surface area contributed by atoms with Crippen molar-refractivity contribution in [2.45, 2.75) is 19.2 Å². The van der Waals surface area contributed by atoms with Crippen LogP contribution < -0.4 is 4.74 Å². The molecule has 0 saturated heterocycles. The Balaban J connectivity index is 2.12. The molecule has 0 amide bonds. The van der Waals surface area contributed by atoms with E-state index in [-0.39, 0.29) is 11.8 Å². The first-order valence-electron chi connectivity index (χ1n) is 5.49. The van der Waals surface area contributed by atoms with Gasteiger partial charge < -0.3 is 9.15 Å². The highest BCUT2D eigenvalue weighted by Gasteiger charge is 2.31. The monoisotopic (exact) mass is 311 g/mol. The maximum atomic E-state index is 13.5. The Hall–Kier alpha value is -2.19. The fraction of sp³-hybridized carbons (Fsp3) is 0.250. The zero-order valence-corrected chi connectivity index (χ0v) is 10.1. The molecule has 21 heavy (non-hydrogen) atoms. The molecule has 0 aliphatic heterocycles. The second-order valence-corrected chi connectivity index (χ2v) is 3.90. The van der Waals surface area contributed by atoms with E-state index in [0.717, 1.165) is 12.5 Å². The highest BCUT2D eigenvalue weighted by Crippen LogP contribution is 2.32. The summed E-state index contributed by atoms with van der Waals surface area (Å²) in [7, 11) is 0. The summed E-state index contributed by atoms with van der Waals surface area (Å²) in [6, 6.07) is 1.64. The molecule has 2 aromatic rings. The number of benzene rings is 1. The molecule has 1 heterocycles.